The summed E-state index contributed by atoms with van der Waals surface area (Å²) < 4.78 is 0. The minimum Gasteiger partial charge on any atom is -0.0937 e. The predicted octanol–water partition coefficient (Wildman–Crippen LogP) is 3.27. The zero-order valence-corrected chi connectivity index (χ0v) is 8.22. The Labute approximate surface area is 83.4 Å². The molecule has 2 rings (SSSR count). The molecule has 1 aromatic rings. The van der Waals surface area contributed by atoms with Crippen molar-refractivity contribution in [1.29, 1.82) is 0 Å². The Bertz CT molecular complexity index is 367. The average molecular weight is 187 g/mol. The molecule has 14 heavy (non-hydrogen) atoms. The Kier molecular flexibility index (Phi) is 2.18. The minimum absolute atomic E-state index is 0.245. The van der Waals surface area contributed by atoms with Crippen molar-refractivity contribution in [1.82, 2.24) is 0 Å². The standard InChI is InChI=1S/C11H13N3/c1-11(7-10(11)8-13-14-12)9-5-3-2-4-6-9/h2-6,10H,7-8H2,1H3. The molecule has 3 heteroatoms. The lowest BCUT2D eigenvalue weighted by Crippen LogP contribution is -2.05. The fraction of sp³-hybridized carbons (Fsp3) is 0.455. The lowest BCUT2D eigenvalue weighted by molar-refractivity contribution is 0.664. The summed E-state index contributed by atoms with van der Waals surface area (Å²) in [6, 6.07) is 10.4. The Balaban J connectivity index is 2.11. The third-order valence-electron chi connectivity index (χ3n) is 3.21. The molecule has 0 radical (unpaired) electrons. The van der Waals surface area contributed by atoms with Gasteiger partial charge in [-0.05, 0) is 28.8 Å². The van der Waals surface area contributed by atoms with E-state index in [2.05, 4.69) is 41.2 Å². The van der Waals surface area contributed by atoms with Crippen LogP contribution in [-0.2, 0) is 5.41 Å². The summed E-state index contributed by atoms with van der Waals surface area (Å²) in [5.74, 6) is 0.529. The van der Waals surface area contributed by atoms with Crippen LogP contribution in [0.25, 0.3) is 10.4 Å². The van der Waals surface area contributed by atoms with Gasteiger partial charge in [-0.15, -0.1) is 0 Å². The van der Waals surface area contributed by atoms with Crippen LogP contribution in [0.3, 0.4) is 0 Å². The third kappa shape index (κ3) is 1.47. The molecule has 72 valence electrons. The molecule has 1 aliphatic carbocycles. The van der Waals surface area contributed by atoms with Crippen LogP contribution in [0.15, 0.2) is 35.4 Å². The highest BCUT2D eigenvalue weighted by Crippen LogP contribution is 2.53. The molecule has 1 aliphatic rings. The van der Waals surface area contributed by atoms with E-state index in [1.165, 1.54) is 5.56 Å². The molecule has 0 N–H and O–H groups in total. The minimum atomic E-state index is 0.245. The summed E-state index contributed by atoms with van der Waals surface area (Å²) in [4.78, 5) is 2.80. The van der Waals surface area contributed by atoms with Crippen molar-refractivity contribution in [2.45, 2.75) is 18.8 Å². The number of hydrogen-bond acceptors (Lipinski definition) is 1. The van der Waals surface area contributed by atoms with E-state index in [0.717, 1.165) is 6.42 Å². The van der Waals surface area contributed by atoms with Crippen LogP contribution in [0.1, 0.15) is 18.9 Å². The molecule has 0 saturated heterocycles. The maximum Gasteiger partial charge on any atom is 0.0294 e. The lowest BCUT2D eigenvalue weighted by Gasteiger charge is -2.10. The average Bonchev–Trinajstić information content (AvgIpc) is 2.90. The number of nitrogens with zero attached hydrogens (tertiary/aromatic N) is 3. The van der Waals surface area contributed by atoms with E-state index >= 15 is 0 Å². The van der Waals surface area contributed by atoms with Gasteiger partial charge in [0.1, 0.15) is 0 Å². The van der Waals surface area contributed by atoms with Gasteiger partial charge in [0.25, 0.3) is 0 Å². The molecule has 0 heterocycles. The molecule has 0 bridgehead atoms. The van der Waals surface area contributed by atoms with Crippen molar-refractivity contribution in [3.8, 4) is 0 Å². The zero-order valence-electron chi connectivity index (χ0n) is 8.22. The lowest BCUT2D eigenvalue weighted by atomic mass is 9.96. The first kappa shape index (κ1) is 9.10. The van der Waals surface area contributed by atoms with Gasteiger partial charge in [-0.1, -0.05) is 42.4 Å². The van der Waals surface area contributed by atoms with Gasteiger partial charge in [0, 0.05) is 11.5 Å². The first-order chi connectivity index (χ1) is 6.77. The van der Waals surface area contributed by atoms with Crippen molar-refractivity contribution in [2.75, 3.05) is 6.54 Å². The molecular weight excluding hydrogens is 174 g/mol. The summed E-state index contributed by atoms with van der Waals surface area (Å²) in [5, 5.41) is 3.64. The topological polar surface area (TPSA) is 48.8 Å². The summed E-state index contributed by atoms with van der Waals surface area (Å²) in [6.45, 7) is 2.86. The first-order valence-electron chi connectivity index (χ1n) is 4.84. The molecular formula is C11H13N3. The number of rotatable bonds is 3. The molecule has 0 aromatic heterocycles. The van der Waals surface area contributed by atoms with Crippen molar-refractivity contribution >= 4 is 0 Å². The fourth-order valence-electron chi connectivity index (χ4n) is 2.03. The molecule has 1 aromatic carbocycles. The largest absolute Gasteiger partial charge is 0.0937 e. The molecule has 0 spiro atoms. The van der Waals surface area contributed by atoms with Gasteiger partial charge in [0.05, 0.1) is 0 Å². The maximum atomic E-state index is 8.24. The van der Waals surface area contributed by atoms with E-state index in [9.17, 15) is 0 Å². The van der Waals surface area contributed by atoms with Gasteiger partial charge in [-0.25, -0.2) is 0 Å². The Hall–Kier alpha value is -1.47. The fourth-order valence-corrected chi connectivity index (χ4v) is 2.03. The van der Waals surface area contributed by atoms with Crippen LogP contribution in [0, 0.1) is 5.92 Å². The van der Waals surface area contributed by atoms with E-state index in [4.69, 9.17) is 5.53 Å². The van der Waals surface area contributed by atoms with Gasteiger partial charge in [-0.3, -0.25) is 0 Å². The van der Waals surface area contributed by atoms with Gasteiger partial charge < -0.3 is 0 Å². The van der Waals surface area contributed by atoms with Crippen LogP contribution in [-0.4, -0.2) is 6.54 Å². The second kappa shape index (κ2) is 3.35. The Morgan fingerprint density at radius 1 is 1.50 bits per heavy atom. The highest BCUT2D eigenvalue weighted by atomic mass is 15.1. The van der Waals surface area contributed by atoms with E-state index in [1.807, 2.05) is 6.07 Å². The summed E-state index contributed by atoms with van der Waals surface area (Å²) in [7, 11) is 0. The monoisotopic (exact) mass is 187 g/mol. The van der Waals surface area contributed by atoms with E-state index < -0.39 is 0 Å². The van der Waals surface area contributed by atoms with Gasteiger partial charge in [-0.2, -0.15) is 0 Å². The summed E-state index contributed by atoms with van der Waals surface area (Å²) >= 11 is 0. The van der Waals surface area contributed by atoms with Crippen LogP contribution in [0.2, 0.25) is 0 Å². The van der Waals surface area contributed by atoms with Crippen molar-refractivity contribution in [3.05, 3.63) is 46.3 Å². The molecule has 0 amide bonds. The molecule has 2 atom stereocenters. The van der Waals surface area contributed by atoms with Crippen molar-refractivity contribution in [2.24, 2.45) is 11.0 Å². The van der Waals surface area contributed by atoms with Crippen LogP contribution < -0.4 is 0 Å². The molecule has 1 saturated carbocycles. The van der Waals surface area contributed by atoms with E-state index in [0.29, 0.717) is 12.5 Å². The van der Waals surface area contributed by atoms with Gasteiger partial charge in [0.2, 0.25) is 0 Å². The number of azide groups is 1. The van der Waals surface area contributed by atoms with Crippen molar-refractivity contribution < 1.29 is 0 Å². The molecule has 3 nitrogen and oxygen atoms in total. The highest BCUT2D eigenvalue weighted by Gasteiger charge is 2.50. The van der Waals surface area contributed by atoms with Crippen LogP contribution >= 0.6 is 0 Å². The molecule has 0 aliphatic heterocycles. The van der Waals surface area contributed by atoms with Crippen LogP contribution in [0.5, 0.6) is 0 Å². The zero-order chi connectivity index (χ0) is 10.0. The maximum absolute atomic E-state index is 8.24. The predicted molar refractivity (Wildman–Crippen MR) is 55.9 cm³/mol. The second-order valence-electron chi connectivity index (χ2n) is 4.10. The second-order valence-corrected chi connectivity index (χ2v) is 4.10. The first-order valence-corrected chi connectivity index (χ1v) is 4.84. The van der Waals surface area contributed by atoms with E-state index in [-0.39, 0.29) is 5.41 Å². The number of benzene rings is 1. The smallest absolute Gasteiger partial charge is 0.0294 e. The highest BCUT2D eigenvalue weighted by molar-refractivity contribution is 5.32. The SMILES string of the molecule is CC1(c2ccccc2)CC1CN=[N+]=[N-]. The quantitative estimate of drug-likeness (QED) is 0.396. The van der Waals surface area contributed by atoms with Gasteiger partial charge >= 0.3 is 0 Å². The Morgan fingerprint density at radius 3 is 2.86 bits per heavy atom. The normalized spacial score (nSPS) is 29.4. The summed E-state index contributed by atoms with van der Waals surface area (Å²) in [5.41, 5.74) is 9.85. The van der Waals surface area contributed by atoms with E-state index in [1.54, 1.807) is 0 Å². The Morgan fingerprint density at radius 2 is 2.21 bits per heavy atom. The van der Waals surface area contributed by atoms with Gasteiger partial charge in [0.15, 0.2) is 0 Å². The molecule has 1 fully saturated rings. The number of hydrogen-bond donors (Lipinski definition) is 0. The third-order valence-corrected chi connectivity index (χ3v) is 3.21. The molecule has 2 unspecified atom stereocenters. The summed E-state index contributed by atoms with van der Waals surface area (Å²) in [6.07, 6.45) is 1.13. The van der Waals surface area contributed by atoms with Crippen LogP contribution in [0.4, 0.5) is 0 Å². The van der Waals surface area contributed by atoms with Crippen molar-refractivity contribution in [3.63, 3.8) is 0 Å².